The van der Waals surface area contributed by atoms with E-state index in [1.165, 1.54) is 11.3 Å². The number of hydrogen-bond acceptors (Lipinski definition) is 7. The molecule has 0 saturated heterocycles. The zero-order valence-corrected chi connectivity index (χ0v) is 9.24. The zero-order chi connectivity index (χ0) is 11.5. The molecule has 0 aliphatic heterocycles. The summed E-state index contributed by atoms with van der Waals surface area (Å²) in [5.74, 6) is -0.445. The molecular weight excluding hydrogens is 230 g/mol. The molecule has 2 heterocycles. The minimum Gasteiger partial charge on any atom is -0.379 e. The largest absolute Gasteiger partial charge is 0.379 e. The van der Waals surface area contributed by atoms with Gasteiger partial charge in [-0.1, -0.05) is 0 Å². The summed E-state index contributed by atoms with van der Waals surface area (Å²) in [4.78, 5) is 15.7. The highest BCUT2D eigenvalue weighted by atomic mass is 32.1. The van der Waals surface area contributed by atoms with E-state index < -0.39 is 5.91 Å². The van der Waals surface area contributed by atoms with Crippen molar-refractivity contribution in [3.63, 3.8) is 0 Å². The quantitative estimate of drug-likeness (QED) is 0.800. The van der Waals surface area contributed by atoms with E-state index in [0.717, 1.165) is 10.7 Å². The summed E-state index contributed by atoms with van der Waals surface area (Å²) in [6.07, 6.45) is 0. The first-order valence-electron chi connectivity index (χ1n) is 4.44. The summed E-state index contributed by atoms with van der Waals surface area (Å²) in [6.45, 7) is 2.23. The predicted octanol–water partition coefficient (Wildman–Crippen LogP) is 0.347. The summed E-state index contributed by atoms with van der Waals surface area (Å²) >= 11 is 1.48. The highest BCUT2D eigenvalue weighted by Gasteiger charge is 2.15. The van der Waals surface area contributed by atoms with Crippen molar-refractivity contribution in [2.75, 3.05) is 5.73 Å². The summed E-state index contributed by atoms with van der Waals surface area (Å²) in [5, 5.41) is 12.1. The minimum atomic E-state index is -0.424. The summed E-state index contributed by atoms with van der Waals surface area (Å²) in [7, 11) is 0. The Hall–Kier alpha value is -1.96. The van der Waals surface area contributed by atoms with Crippen molar-refractivity contribution >= 4 is 23.1 Å². The van der Waals surface area contributed by atoms with Crippen LogP contribution in [0.15, 0.2) is 10.0 Å². The molecule has 0 bridgehead atoms. The number of nitrogens with one attached hydrogen (secondary N) is 1. The molecule has 0 unspecified atom stereocenters. The highest BCUT2D eigenvalue weighted by Crippen LogP contribution is 2.09. The monoisotopic (exact) mass is 239 g/mol. The molecule has 3 N–H and O–H groups in total. The van der Waals surface area contributed by atoms with Gasteiger partial charge in [-0.3, -0.25) is 4.79 Å². The Morgan fingerprint density at radius 2 is 2.44 bits per heavy atom. The number of carbonyl (C=O) groups is 1. The Morgan fingerprint density at radius 3 is 3.00 bits per heavy atom. The molecule has 2 aromatic heterocycles. The van der Waals surface area contributed by atoms with Crippen LogP contribution in [0.4, 0.5) is 5.82 Å². The fraction of sp³-hybridized carbons (Fsp3) is 0.250. The number of aryl methyl sites for hydroxylation is 1. The van der Waals surface area contributed by atoms with Crippen molar-refractivity contribution in [1.82, 2.24) is 20.6 Å². The average molecular weight is 239 g/mol. The van der Waals surface area contributed by atoms with Crippen LogP contribution in [0.3, 0.4) is 0 Å². The van der Waals surface area contributed by atoms with Crippen LogP contribution in [0.25, 0.3) is 0 Å². The normalized spacial score (nSPS) is 10.3. The Kier molecular flexibility index (Phi) is 2.82. The molecule has 0 aliphatic carbocycles. The van der Waals surface area contributed by atoms with E-state index in [1.807, 2.05) is 12.3 Å². The molecule has 84 valence electrons. The average Bonchev–Trinajstić information content (AvgIpc) is 2.84. The van der Waals surface area contributed by atoms with Crippen LogP contribution in [0.1, 0.15) is 21.2 Å². The zero-order valence-electron chi connectivity index (χ0n) is 8.43. The second-order valence-electron chi connectivity index (χ2n) is 3.06. The summed E-state index contributed by atoms with van der Waals surface area (Å²) < 4.78 is 4.32. The summed E-state index contributed by atoms with van der Waals surface area (Å²) in [5.41, 5.74) is 6.29. The van der Waals surface area contributed by atoms with Crippen LogP contribution in [0, 0.1) is 6.92 Å². The van der Waals surface area contributed by atoms with Gasteiger partial charge in [0.2, 0.25) is 11.5 Å². The molecule has 1 amide bonds. The van der Waals surface area contributed by atoms with E-state index >= 15 is 0 Å². The molecule has 0 aromatic carbocycles. The maximum Gasteiger partial charge on any atom is 0.277 e. The number of nitrogens with zero attached hydrogens (tertiary/aromatic N) is 3. The number of carbonyl (C=O) groups excluding carboxylic acids is 1. The smallest absolute Gasteiger partial charge is 0.277 e. The van der Waals surface area contributed by atoms with Gasteiger partial charge in [0, 0.05) is 11.1 Å². The Balaban J connectivity index is 1.96. The van der Waals surface area contributed by atoms with Gasteiger partial charge >= 0.3 is 0 Å². The first kappa shape index (κ1) is 10.6. The van der Waals surface area contributed by atoms with Crippen LogP contribution in [-0.4, -0.2) is 21.2 Å². The lowest BCUT2D eigenvalue weighted by Crippen LogP contribution is -2.24. The first-order chi connectivity index (χ1) is 7.66. The second kappa shape index (κ2) is 4.27. The topological polar surface area (TPSA) is 107 Å². The van der Waals surface area contributed by atoms with Crippen LogP contribution in [-0.2, 0) is 6.54 Å². The lowest BCUT2D eigenvalue weighted by molar-refractivity contribution is 0.0941. The SMILES string of the molecule is Cc1csc(CNC(=O)c2nonc2N)n1. The van der Waals surface area contributed by atoms with Gasteiger partial charge < -0.3 is 11.1 Å². The standard InChI is InChI=1S/C8H9N5O2S/c1-4-3-16-5(11-4)2-10-8(14)6-7(9)13-15-12-6/h3H,2H2,1H3,(H2,9,13)(H,10,14). The minimum absolute atomic E-state index is 0.00622. The van der Waals surface area contributed by atoms with Gasteiger partial charge in [-0.2, -0.15) is 0 Å². The van der Waals surface area contributed by atoms with Crippen molar-refractivity contribution in [3.05, 3.63) is 21.8 Å². The van der Waals surface area contributed by atoms with E-state index in [4.69, 9.17) is 5.73 Å². The molecule has 0 saturated carbocycles. The van der Waals surface area contributed by atoms with Gasteiger partial charge in [-0.25, -0.2) is 9.61 Å². The Labute approximate surface area is 94.6 Å². The number of rotatable bonds is 3. The fourth-order valence-corrected chi connectivity index (χ4v) is 1.79. The van der Waals surface area contributed by atoms with E-state index in [1.54, 1.807) is 0 Å². The molecule has 0 aliphatic rings. The van der Waals surface area contributed by atoms with Crippen molar-refractivity contribution in [1.29, 1.82) is 0 Å². The highest BCUT2D eigenvalue weighted by molar-refractivity contribution is 7.09. The lowest BCUT2D eigenvalue weighted by Gasteiger charge is -1.98. The van der Waals surface area contributed by atoms with Gasteiger partial charge in [-0.05, 0) is 17.2 Å². The molecule has 0 atom stereocenters. The maximum atomic E-state index is 11.5. The third-order valence-electron chi connectivity index (χ3n) is 1.80. The number of amides is 1. The Bertz CT molecular complexity index is 506. The van der Waals surface area contributed by atoms with Gasteiger partial charge in [-0.15, -0.1) is 11.3 Å². The maximum absolute atomic E-state index is 11.5. The number of hydrogen-bond donors (Lipinski definition) is 2. The van der Waals surface area contributed by atoms with Crippen LogP contribution < -0.4 is 11.1 Å². The molecule has 0 fully saturated rings. The number of thiazole rings is 1. The summed E-state index contributed by atoms with van der Waals surface area (Å²) in [6, 6.07) is 0. The van der Waals surface area contributed by atoms with E-state index in [0.29, 0.717) is 6.54 Å². The van der Waals surface area contributed by atoms with Crippen molar-refractivity contribution in [2.45, 2.75) is 13.5 Å². The molecule has 2 rings (SSSR count). The van der Waals surface area contributed by atoms with Crippen molar-refractivity contribution in [3.8, 4) is 0 Å². The van der Waals surface area contributed by atoms with Crippen molar-refractivity contribution < 1.29 is 9.42 Å². The Morgan fingerprint density at radius 1 is 1.62 bits per heavy atom. The molecular formula is C8H9N5O2S. The number of nitrogen functional groups attached to an aromatic ring is 1. The first-order valence-corrected chi connectivity index (χ1v) is 5.32. The molecule has 2 aromatic rings. The lowest BCUT2D eigenvalue weighted by atomic mass is 10.4. The van der Waals surface area contributed by atoms with E-state index in [-0.39, 0.29) is 11.5 Å². The van der Waals surface area contributed by atoms with Crippen LogP contribution in [0.5, 0.6) is 0 Å². The fourth-order valence-electron chi connectivity index (χ4n) is 1.08. The number of anilines is 1. The van der Waals surface area contributed by atoms with Crippen LogP contribution in [0.2, 0.25) is 0 Å². The third-order valence-corrected chi connectivity index (χ3v) is 2.76. The van der Waals surface area contributed by atoms with E-state index in [2.05, 4.69) is 25.2 Å². The predicted molar refractivity (Wildman–Crippen MR) is 56.7 cm³/mol. The van der Waals surface area contributed by atoms with Crippen LogP contribution >= 0.6 is 11.3 Å². The molecule has 0 radical (unpaired) electrons. The molecule has 16 heavy (non-hydrogen) atoms. The number of nitrogens with two attached hydrogens (primary N) is 1. The van der Waals surface area contributed by atoms with Gasteiger partial charge in [0.25, 0.3) is 5.91 Å². The van der Waals surface area contributed by atoms with Crippen molar-refractivity contribution in [2.24, 2.45) is 0 Å². The van der Waals surface area contributed by atoms with Gasteiger partial charge in [0.1, 0.15) is 5.01 Å². The van der Waals surface area contributed by atoms with Gasteiger partial charge in [0.05, 0.1) is 6.54 Å². The third kappa shape index (κ3) is 2.16. The molecule has 8 heteroatoms. The van der Waals surface area contributed by atoms with E-state index in [9.17, 15) is 4.79 Å². The van der Waals surface area contributed by atoms with Gasteiger partial charge in [0.15, 0.2) is 0 Å². The molecule has 7 nitrogen and oxygen atoms in total. The second-order valence-corrected chi connectivity index (χ2v) is 4.01. The molecule has 0 spiro atoms. The number of aromatic nitrogens is 3.